The molecule has 138 valence electrons. The lowest BCUT2D eigenvalue weighted by Crippen LogP contribution is -2.28. The smallest absolute Gasteiger partial charge is 0.231 e. The topological polar surface area (TPSA) is 66.0 Å². The van der Waals surface area contributed by atoms with Crippen LogP contribution in [-0.4, -0.2) is 32.5 Å². The molecule has 0 atom stereocenters. The molecule has 0 bridgehead atoms. The Kier molecular flexibility index (Phi) is 6.19. The number of fused-ring (bicyclic) bond motifs is 1. The first kappa shape index (κ1) is 17.9. The molecule has 0 unspecified atom stereocenters. The molecule has 0 aliphatic carbocycles. The van der Waals surface area contributed by atoms with Gasteiger partial charge in [-0.15, -0.1) is 0 Å². The van der Waals surface area contributed by atoms with Gasteiger partial charge in [0, 0.05) is 6.42 Å². The normalized spacial score (nSPS) is 11.9. The van der Waals surface area contributed by atoms with Crippen LogP contribution in [0.5, 0.6) is 23.0 Å². The van der Waals surface area contributed by atoms with Crippen molar-refractivity contribution in [3.8, 4) is 23.0 Å². The summed E-state index contributed by atoms with van der Waals surface area (Å²) in [5.74, 6) is 3.06. The molecule has 1 amide bonds. The van der Waals surface area contributed by atoms with Crippen molar-refractivity contribution in [3.63, 3.8) is 0 Å². The summed E-state index contributed by atoms with van der Waals surface area (Å²) in [5, 5.41) is 2.86. The van der Waals surface area contributed by atoms with Gasteiger partial charge in [-0.25, -0.2) is 0 Å². The van der Waals surface area contributed by atoms with E-state index in [0.717, 1.165) is 28.6 Å². The van der Waals surface area contributed by atoms with Crippen LogP contribution in [-0.2, 0) is 11.2 Å². The highest BCUT2D eigenvalue weighted by atomic mass is 16.7. The minimum absolute atomic E-state index is 0.00189. The van der Waals surface area contributed by atoms with Crippen LogP contribution in [0.1, 0.15) is 18.9 Å². The molecule has 0 fully saturated rings. The fourth-order valence-electron chi connectivity index (χ4n) is 2.60. The van der Waals surface area contributed by atoms with E-state index in [9.17, 15) is 4.79 Å². The number of nitrogens with one attached hydrogen (secondary N) is 1. The van der Waals surface area contributed by atoms with Gasteiger partial charge >= 0.3 is 0 Å². The Hall–Kier alpha value is -2.89. The van der Waals surface area contributed by atoms with Crippen LogP contribution >= 0.6 is 0 Å². The van der Waals surface area contributed by atoms with Crippen molar-refractivity contribution in [1.29, 1.82) is 0 Å². The van der Waals surface area contributed by atoms with Crippen LogP contribution in [0.2, 0.25) is 0 Å². The monoisotopic (exact) mass is 357 g/mol. The van der Waals surface area contributed by atoms with Crippen LogP contribution in [0, 0.1) is 0 Å². The van der Waals surface area contributed by atoms with Crippen LogP contribution in [0.4, 0.5) is 0 Å². The van der Waals surface area contributed by atoms with Crippen molar-refractivity contribution in [3.05, 3.63) is 48.0 Å². The maximum absolute atomic E-state index is 11.9. The Bertz CT molecular complexity index is 729. The molecule has 0 saturated carbocycles. The van der Waals surface area contributed by atoms with Crippen LogP contribution in [0.25, 0.3) is 0 Å². The zero-order valence-corrected chi connectivity index (χ0v) is 14.8. The van der Waals surface area contributed by atoms with E-state index < -0.39 is 0 Å². The minimum atomic E-state index is -0.00189. The van der Waals surface area contributed by atoms with Crippen molar-refractivity contribution in [2.45, 2.75) is 19.8 Å². The minimum Gasteiger partial charge on any atom is -0.494 e. The van der Waals surface area contributed by atoms with Crippen molar-refractivity contribution < 1.29 is 23.7 Å². The van der Waals surface area contributed by atoms with Crippen LogP contribution < -0.4 is 24.3 Å². The number of aryl methyl sites for hydroxylation is 1. The number of ether oxygens (including phenoxy) is 4. The second-order valence-electron chi connectivity index (χ2n) is 5.79. The first-order chi connectivity index (χ1) is 12.7. The van der Waals surface area contributed by atoms with E-state index in [-0.39, 0.29) is 12.7 Å². The molecule has 2 aromatic carbocycles. The van der Waals surface area contributed by atoms with E-state index >= 15 is 0 Å². The fourth-order valence-corrected chi connectivity index (χ4v) is 2.60. The Morgan fingerprint density at radius 3 is 2.54 bits per heavy atom. The van der Waals surface area contributed by atoms with E-state index in [1.54, 1.807) is 0 Å². The molecule has 0 saturated heterocycles. The predicted molar refractivity (Wildman–Crippen MR) is 97.0 cm³/mol. The summed E-state index contributed by atoms with van der Waals surface area (Å²) in [6.45, 7) is 3.72. The molecule has 1 heterocycles. The molecule has 0 spiro atoms. The van der Waals surface area contributed by atoms with Crippen molar-refractivity contribution in [1.82, 2.24) is 5.32 Å². The van der Waals surface area contributed by atoms with Gasteiger partial charge in [0.1, 0.15) is 18.1 Å². The predicted octanol–water partition coefficient (Wildman–Crippen LogP) is 2.94. The maximum atomic E-state index is 11.9. The van der Waals surface area contributed by atoms with Crippen molar-refractivity contribution >= 4 is 5.91 Å². The molecule has 26 heavy (non-hydrogen) atoms. The second-order valence-corrected chi connectivity index (χ2v) is 5.79. The van der Waals surface area contributed by atoms with Gasteiger partial charge in [0.2, 0.25) is 12.7 Å². The number of benzene rings is 2. The highest BCUT2D eigenvalue weighted by molar-refractivity contribution is 5.76. The maximum Gasteiger partial charge on any atom is 0.231 e. The largest absolute Gasteiger partial charge is 0.494 e. The average molecular weight is 357 g/mol. The summed E-state index contributed by atoms with van der Waals surface area (Å²) in [6.07, 6.45) is 1.07. The van der Waals surface area contributed by atoms with E-state index in [4.69, 9.17) is 18.9 Å². The summed E-state index contributed by atoms with van der Waals surface area (Å²) in [4.78, 5) is 11.9. The zero-order valence-electron chi connectivity index (χ0n) is 14.8. The number of hydrogen-bond acceptors (Lipinski definition) is 5. The van der Waals surface area contributed by atoms with Gasteiger partial charge in [0.25, 0.3) is 0 Å². The fraction of sp³-hybridized carbons (Fsp3) is 0.350. The molecule has 1 aliphatic heterocycles. The van der Waals surface area contributed by atoms with Gasteiger partial charge in [-0.3, -0.25) is 4.79 Å². The third-order valence-corrected chi connectivity index (χ3v) is 3.91. The molecule has 3 rings (SSSR count). The first-order valence-corrected chi connectivity index (χ1v) is 8.75. The van der Waals surface area contributed by atoms with Crippen molar-refractivity contribution in [2.75, 3.05) is 26.6 Å². The van der Waals surface area contributed by atoms with E-state index in [1.807, 2.05) is 49.4 Å². The first-order valence-electron chi connectivity index (χ1n) is 8.75. The van der Waals surface area contributed by atoms with Gasteiger partial charge in [-0.1, -0.05) is 6.07 Å². The second kappa shape index (κ2) is 8.99. The standard InChI is InChI=1S/C20H23NO5/c1-2-23-16-5-7-17(8-6-16)24-12-11-21-20(22)10-4-15-3-9-18-19(13-15)26-14-25-18/h3,5-9,13H,2,4,10-12,14H2,1H3,(H,21,22). The number of carbonyl (C=O) groups is 1. The lowest BCUT2D eigenvalue weighted by molar-refractivity contribution is -0.121. The highest BCUT2D eigenvalue weighted by Crippen LogP contribution is 2.32. The molecule has 0 radical (unpaired) electrons. The average Bonchev–Trinajstić information content (AvgIpc) is 3.13. The quantitative estimate of drug-likeness (QED) is 0.699. The number of amides is 1. The third kappa shape index (κ3) is 5.05. The highest BCUT2D eigenvalue weighted by Gasteiger charge is 2.13. The Labute approximate surface area is 153 Å². The number of rotatable bonds is 9. The number of hydrogen-bond donors (Lipinski definition) is 1. The molecule has 6 heteroatoms. The SMILES string of the molecule is CCOc1ccc(OCCNC(=O)CCc2ccc3c(c2)OCO3)cc1. The Morgan fingerprint density at radius 2 is 1.77 bits per heavy atom. The molecule has 1 N–H and O–H groups in total. The summed E-state index contributed by atoms with van der Waals surface area (Å²) in [5.41, 5.74) is 1.05. The summed E-state index contributed by atoms with van der Waals surface area (Å²) < 4.78 is 21.6. The molecule has 2 aromatic rings. The van der Waals surface area contributed by atoms with E-state index in [2.05, 4.69) is 5.32 Å². The van der Waals surface area contributed by atoms with Gasteiger partial charge < -0.3 is 24.3 Å². The molecular formula is C20H23NO5. The zero-order chi connectivity index (χ0) is 18.2. The Morgan fingerprint density at radius 1 is 1.04 bits per heavy atom. The van der Waals surface area contributed by atoms with Gasteiger partial charge in [-0.2, -0.15) is 0 Å². The summed E-state index contributed by atoms with van der Waals surface area (Å²) >= 11 is 0. The lowest BCUT2D eigenvalue weighted by atomic mass is 10.1. The van der Waals surface area contributed by atoms with E-state index in [0.29, 0.717) is 32.6 Å². The lowest BCUT2D eigenvalue weighted by Gasteiger charge is -2.09. The number of carbonyl (C=O) groups excluding carboxylic acids is 1. The molecular weight excluding hydrogens is 334 g/mol. The molecule has 1 aliphatic rings. The third-order valence-electron chi connectivity index (χ3n) is 3.91. The Balaban J connectivity index is 1.33. The van der Waals surface area contributed by atoms with Crippen LogP contribution in [0.3, 0.4) is 0 Å². The molecule has 6 nitrogen and oxygen atoms in total. The van der Waals surface area contributed by atoms with Crippen LogP contribution in [0.15, 0.2) is 42.5 Å². The molecule has 0 aromatic heterocycles. The van der Waals surface area contributed by atoms with Gasteiger partial charge in [0.05, 0.1) is 13.2 Å². The summed E-state index contributed by atoms with van der Waals surface area (Å²) in [7, 11) is 0. The van der Waals surface area contributed by atoms with E-state index in [1.165, 1.54) is 0 Å². The van der Waals surface area contributed by atoms with Crippen molar-refractivity contribution in [2.24, 2.45) is 0 Å². The van der Waals surface area contributed by atoms with Gasteiger partial charge in [0.15, 0.2) is 11.5 Å². The summed E-state index contributed by atoms with van der Waals surface area (Å²) in [6, 6.07) is 13.2. The van der Waals surface area contributed by atoms with Gasteiger partial charge in [-0.05, 0) is 55.3 Å².